The molecule has 0 N–H and O–H groups in total. The minimum absolute atomic E-state index is 0.253. The summed E-state index contributed by atoms with van der Waals surface area (Å²) in [5.41, 5.74) is 0.973. The number of hydrogen-bond donors (Lipinski definition) is 0. The highest BCUT2D eigenvalue weighted by molar-refractivity contribution is 6.35. The minimum atomic E-state index is 0.253. The molecule has 0 fully saturated rings. The molecular formula is C16H22Cl2O2. The number of carbonyl (C=O) groups excluding carboxylic acids is 1. The molecule has 0 aliphatic carbocycles. The Morgan fingerprint density at radius 3 is 2.60 bits per heavy atom. The minimum Gasteiger partial charge on any atom is -0.492 e. The fourth-order valence-electron chi connectivity index (χ4n) is 2.29. The first-order valence-corrected chi connectivity index (χ1v) is 7.85. The Balaban J connectivity index is 2.82. The summed E-state index contributed by atoms with van der Waals surface area (Å²) in [6, 6.07) is 3.56. The Morgan fingerprint density at radius 1 is 1.30 bits per heavy atom. The number of carbonyl (C=O) groups is 1. The van der Waals surface area contributed by atoms with Crippen LogP contribution in [0.5, 0.6) is 5.75 Å². The lowest BCUT2D eigenvalue weighted by Crippen LogP contribution is -2.09. The van der Waals surface area contributed by atoms with Gasteiger partial charge in [-0.1, -0.05) is 37.0 Å². The third-order valence-corrected chi connectivity index (χ3v) is 3.55. The molecular weight excluding hydrogens is 295 g/mol. The van der Waals surface area contributed by atoms with Crippen molar-refractivity contribution in [2.24, 2.45) is 5.92 Å². The van der Waals surface area contributed by atoms with Crippen LogP contribution in [0.1, 0.15) is 45.6 Å². The summed E-state index contributed by atoms with van der Waals surface area (Å²) in [5.74, 6) is 1.25. The zero-order valence-electron chi connectivity index (χ0n) is 12.3. The molecule has 1 rings (SSSR count). The van der Waals surface area contributed by atoms with Crippen LogP contribution in [-0.4, -0.2) is 12.4 Å². The zero-order chi connectivity index (χ0) is 15.1. The van der Waals surface area contributed by atoms with Crippen LogP contribution < -0.4 is 4.74 Å². The highest BCUT2D eigenvalue weighted by Crippen LogP contribution is 2.34. The van der Waals surface area contributed by atoms with Crippen molar-refractivity contribution in [3.05, 3.63) is 27.7 Å². The third kappa shape index (κ3) is 5.34. The summed E-state index contributed by atoms with van der Waals surface area (Å²) >= 11 is 12.2. The van der Waals surface area contributed by atoms with Crippen molar-refractivity contribution in [2.75, 3.05) is 6.61 Å². The number of hydrogen-bond acceptors (Lipinski definition) is 2. The Labute approximate surface area is 131 Å². The number of rotatable bonds is 8. The summed E-state index contributed by atoms with van der Waals surface area (Å²) in [4.78, 5) is 11.7. The lowest BCUT2D eigenvalue weighted by Gasteiger charge is -2.16. The molecule has 0 saturated heterocycles. The van der Waals surface area contributed by atoms with Gasteiger partial charge in [0.05, 0.1) is 11.6 Å². The van der Waals surface area contributed by atoms with E-state index in [-0.39, 0.29) is 5.92 Å². The SMILES string of the molecule is CCCC(=O)CC(C)Cc1cc(Cl)cc(Cl)c1OCC. The summed E-state index contributed by atoms with van der Waals surface area (Å²) in [7, 11) is 0. The average Bonchev–Trinajstić information content (AvgIpc) is 2.33. The molecule has 1 atom stereocenters. The van der Waals surface area contributed by atoms with Gasteiger partial charge in [0.1, 0.15) is 11.5 Å². The second-order valence-corrected chi connectivity index (χ2v) is 5.95. The Kier molecular flexibility index (Phi) is 7.39. The standard InChI is InChI=1S/C16H22Cl2O2/c1-4-6-14(19)8-11(3)7-12-9-13(17)10-15(18)16(12)20-5-2/h9-11H,4-8H2,1-3H3. The van der Waals surface area contributed by atoms with Crippen LogP contribution >= 0.6 is 23.2 Å². The lowest BCUT2D eigenvalue weighted by molar-refractivity contribution is -0.119. The molecule has 1 aromatic carbocycles. The van der Waals surface area contributed by atoms with Gasteiger partial charge < -0.3 is 4.74 Å². The van der Waals surface area contributed by atoms with E-state index in [1.807, 2.05) is 19.9 Å². The first kappa shape index (κ1) is 17.3. The fourth-order valence-corrected chi connectivity index (χ4v) is 2.88. The second kappa shape index (κ2) is 8.53. The summed E-state index contributed by atoms with van der Waals surface area (Å²) in [5, 5.41) is 1.13. The van der Waals surface area contributed by atoms with Crippen molar-refractivity contribution in [1.82, 2.24) is 0 Å². The van der Waals surface area contributed by atoms with E-state index in [1.165, 1.54) is 0 Å². The summed E-state index contributed by atoms with van der Waals surface area (Å²) < 4.78 is 5.60. The molecule has 0 heterocycles. The van der Waals surface area contributed by atoms with E-state index in [0.29, 0.717) is 41.0 Å². The summed E-state index contributed by atoms with van der Waals surface area (Å²) in [6.07, 6.45) is 2.88. The van der Waals surface area contributed by atoms with Crippen LogP contribution in [0.25, 0.3) is 0 Å². The van der Waals surface area contributed by atoms with Gasteiger partial charge in [-0.2, -0.15) is 0 Å². The van der Waals surface area contributed by atoms with Crippen molar-refractivity contribution < 1.29 is 9.53 Å². The van der Waals surface area contributed by atoms with E-state index in [4.69, 9.17) is 27.9 Å². The molecule has 0 saturated carbocycles. The van der Waals surface area contributed by atoms with Gasteiger partial charge in [-0.3, -0.25) is 4.79 Å². The molecule has 1 aromatic rings. The predicted molar refractivity (Wildman–Crippen MR) is 85.0 cm³/mol. The molecule has 112 valence electrons. The van der Waals surface area contributed by atoms with Gasteiger partial charge in [-0.25, -0.2) is 0 Å². The molecule has 0 aliphatic rings. The first-order chi connectivity index (χ1) is 9.47. The van der Waals surface area contributed by atoms with Crippen LogP contribution in [0, 0.1) is 5.92 Å². The molecule has 0 amide bonds. The van der Waals surface area contributed by atoms with Gasteiger partial charge in [-0.05, 0) is 43.4 Å². The molecule has 0 aliphatic heterocycles. The zero-order valence-corrected chi connectivity index (χ0v) is 13.9. The normalized spacial score (nSPS) is 12.2. The molecule has 0 spiro atoms. The van der Waals surface area contributed by atoms with E-state index in [9.17, 15) is 4.79 Å². The molecule has 20 heavy (non-hydrogen) atoms. The number of Topliss-reactive ketones (excluding diaryl/α,β-unsaturated/α-hetero) is 1. The Morgan fingerprint density at radius 2 is 2.00 bits per heavy atom. The number of ether oxygens (including phenoxy) is 1. The Hall–Kier alpha value is -0.730. The molecule has 4 heteroatoms. The molecule has 2 nitrogen and oxygen atoms in total. The Bertz CT molecular complexity index is 458. The third-order valence-electron chi connectivity index (χ3n) is 3.05. The molecule has 1 unspecified atom stereocenters. The second-order valence-electron chi connectivity index (χ2n) is 5.11. The van der Waals surface area contributed by atoms with Crippen LogP contribution in [0.3, 0.4) is 0 Å². The topological polar surface area (TPSA) is 26.3 Å². The smallest absolute Gasteiger partial charge is 0.141 e. The lowest BCUT2D eigenvalue weighted by atomic mass is 9.94. The average molecular weight is 317 g/mol. The van der Waals surface area contributed by atoms with Gasteiger partial charge >= 0.3 is 0 Å². The molecule has 0 bridgehead atoms. The maximum Gasteiger partial charge on any atom is 0.141 e. The monoisotopic (exact) mass is 316 g/mol. The van der Waals surface area contributed by atoms with Crippen molar-refractivity contribution >= 4 is 29.0 Å². The highest BCUT2D eigenvalue weighted by atomic mass is 35.5. The van der Waals surface area contributed by atoms with Gasteiger partial charge in [-0.15, -0.1) is 0 Å². The summed E-state index contributed by atoms with van der Waals surface area (Å²) in [6.45, 7) is 6.56. The van der Waals surface area contributed by atoms with E-state index < -0.39 is 0 Å². The predicted octanol–water partition coefficient (Wildman–Crippen LogP) is 5.33. The number of benzene rings is 1. The van der Waals surface area contributed by atoms with Gasteiger partial charge in [0, 0.05) is 17.9 Å². The van der Waals surface area contributed by atoms with E-state index in [0.717, 1.165) is 18.4 Å². The number of ketones is 1. The molecule has 0 aromatic heterocycles. The van der Waals surface area contributed by atoms with Crippen molar-refractivity contribution in [2.45, 2.75) is 46.5 Å². The van der Waals surface area contributed by atoms with Crippen molar-refractivity contribution in [3.8, 4) is 5.75 Å². The maximum absolute atomic E-state index is 11.7. The van der Waals surface area contributed by atoms with Crippen LogP contribution in [-0.2, 0) is 11.2 Å². The van der Waals surface area contributed by atoms with Crippen LogP contribution in [0.15, 0.2) is 12.1 Å². The maximum atomic E-state index is 11.7. The van der Waals surface area contributed by atoms with Crippen molar-refractivity contribution in [3.63, 3.8) is 0 Å². The van der Waals surface area contributed by atoms with Crippen LogP contribution in [0.2, 0.25) is 10.0 Å². The fraction of sp³-hybridized carbons (Fsp3) is 0.562. The first-order valence-electron chi connectivity index (χ1n) is 7.10. The van der Waals surface area contributed by atoms with E-state index in [1.54, 1.807) is 6.07 Å². The van der Waals surface area contributed by atoms with E-state index in [2.05, 4.69) is 6.92 Å². The van der Waals surface area contributed by atoms with Crippen molar-refractivity contribution in [1.29, 1.82) is 0 Å². The van der Waals surface area contributed by atoms with Gasteiger partial charge in [0.25, 0.3) is 0 Å². The van der Waals surface area contributed by atoms with Gasteiger partial charge in [0.15, 0.2) is 0 Å². The quantitative estimate of drug-likeness (QED) is 0.648. The molecule has 0 radical (unpaired) electrons. The largest absolute Gasteiger partial charge is 0.492 e. The van der Waals surface area contributed by atoms with Crippen LogP contribution in [0.4, 0.5) is 0 Å². The highest BCUT2D eigenvalue weighted by Gasteiger charge is 2.15. The number of halogens is 2. The van der Waals surface area contributed by atoms with Gasteiger partial charge in [0.2, 0.25) is 0 Å². The van der Waals surface area contributed by atoms with E-state index >= 15 is 0 Å².